The van der Waals surface area contributed by atoms with Crippen molar-refractivity contribution in [3.8, 4) is 0 Å². The van der Waals surface area contributed by atoms with Crippen LogP contribution in [0.1, 0.15) is 41.5 Å². The molecule has 0 aliphatic rings. The normalized spacial score (nSPS) is 11.8. The van der Waals surface area contributed by atoms with Crippen LogP contribution in [0.3, 0.4) is 0 Å². The Morgan fingerprint density at radius 1 is 0.625 bits per heavy atom. The van der Waals surface area contributed by atoms with Gasteiger partial charge < -0.3 is 30.7 Å². The van der Waals surface area contributed by atoms with Gasteiger partial charge in [0.2, 0.25) is 0 Å². The van der Waals surface area contributed by atoms with Crippen LogP contribution in [0.5, 0.6) is 0 Å². The molecule has 0 radical (unpaired) electrons. The molecule has 0 aliphatic heterocycles. The highest BCUT2D eigenvalue weighted by molar-refractivity contribution is 5.67. The van der Waals surface area contributed by atoms with E-state index in [-0.39, 0.29) is 0 Å². The third-order valence-electron chi connectivity index (χ3n) is 2.42. The van der Waals surface area contributed by atoms with Gasteiger partial charge in [-0.1, -0.05) is 0 Å². The average Bonchev–Trinajstić information content (AvgIpc) is 2.36. The van der Waals surface area contributed by atoms with Crippen LogP contribution in [0.15, 0.2) is 0 Å². The monoisotopic (exact) mass is 346 g/mol. The quantitative estimate of drug-likeness (QED) is 0.468. The standard InChI is InChI=1S/C16H34N4O4/c1-15(2,3)23-13(21)19-11-9-17-7-8-18-10-12-20-14(22)24-16(4,5)6/h17-18H,7-12H2,1-6H3,(H,19,21)(H,20,22). The molecule has 142 valence electrons. The van der Waals surface area contributed by atoms with Crippen LogP contribution in [0, 0.1) is 0 Å². The predicted octanol–water partition coefficient (Wildman–Crippen LogP) is 1.22. The Balaban J connectivity index is 3.37. The van der Waals surface area contributed by atoms with Crippen LogP contribution < -0.4 is 21.3 Å². The number of hydrogen-bond donors (Lipinski definition) is 4. The van der Waals surface area contributed by atoms with E-state index in [4.69, 9.17) is 9.47 Å². The summed E-state index contributed by atoms with van der Waals surface area (Å²) in [5.74, 6) is 0. The maximum Gasteiger partial charge on any atom is 0.407 e. The number of carbonyl (C=O) groups excluding carboxylic acids is 2. The number of nitrogens with one attached hydrogen (secondary N) is 4. The van der Waals surface area contributed by atoms with E-state index in [0.29, 0.717) is 26.2 Å². The molecule has 0 bridgehead atoms. The first-order valence-electron chi connectivity index (χ1n) is 8.35. The highest BCUT2D eigenvalue weighted by Crippen LogP contribution is 2.06. The lowest BCUT2D eigenvalue weighted by Gasteiger charge is -2.20. The summed E-state index contributed by atoms with van der Waals surface area (Å²) in [6, 6.07) is 0. The predicted molar refractivity (Wildman–Crippen MR) is 94.2 cm³/mol. The van der Waals surface area contributed by atoms with Gasteiger partial charge in [0.1, 0.15) is 11.2 Å². The van der Waals surface area contributed by atoms with E-state index in [9.17, 15) is 9.59 Å². The van der Waals surface area contributed by atoms with E-state index >= 15 is 0 Å². The summed E-state index contributed by atoms with van der Waals surface area (Å²) in [5.41, 5.74) is -0.955. The SMILES string of the molecule is CC(C)(C)OC(=O)NCCNCCNCCNC(=O)OC(C)(C)C. The van der Waals surface area contributed by atoms with Gasteiger partial charge >= 0.3 is 12.2 Å². The average molecular weight is 346 g/mol. The minimum Gasteiger partial charge on any atom is -0.444 e. The number of rotatable bonds is 9. The number of ether oxygens (including phenoxy) is 2. The second-order valence-electron chi connectivity index (χ2n) is 7.36. The van der Waals surface area contributed by atoms with Crippen molar-refractivity contribution in [1.82, 2.24) is 21.3 Å². The second kappa shape index (κ2) is 11.1. The third kappa shape index (κ3) is 16.8. The zero-order chi connectivity index (χ0) is 18.6. The van der Waals surface area contributed by atoms with E-state index in [0.717, 1.165) is 13.1 Å². The van der Waals surface area contributed by atoms with E-state index in [1.807, 2.05) is 41.5 Å². The van der Waals surface area contributed by atoms with Crippen molar-refractivity contribution in [3.63, 3.8) is 0 Å². The van der Waals surface area contributed by atoms with Crippen LogP contribution in [-0.2, 0) is 9.47 Å². The highest BCUT2D eigenvalue weighted by atomic mass is 16.6. The molecular formula is C16H34N4O4. The zero-order valence-corrected chi connectivity index (χ0v) is 15.9. The van der Waals surface area contributed by atoms with Crippen molar-refractivity contribution < 1.29 is 19.1 Å². The molecule has 0 aromatic carbocycles. The van der Waals surface area contributed by atoms with Crippen molar-refractivity contribution in [3.05, 3.63) is 0 Å². The van der Waals surface area contributed by atoms with E-state index in [1.54, 1.807) is 0 Å². The summed E-state index contributed by atoms with van der Waals surface area (Å²) in [6.07, 6.45) is -0.814. The van der Waals surface area contributed by atoms with Gasteiger partial charge in [-0.25, -0.2) is 9.59 Å². The molecule has 0 rings (SSSR count). The molecule has 0 aromatic rings. The van der Waals surface area contributed by atoms with Crippen molar-refractivity contribution >= 4 is 12.2 Å². The topological polar surface area (TPSA) is 101 Å². The summed E-state index contributed by atoms with van der Waals surface area (Å²) in [7, 11) is 0. The van der Waals surface area contributed by atoms with Crippen LogP contribution >= 0.6 is 0 Å². The maximum absolute atomic E-state index is 11.4. The fourth-order valence-electron chi connectivity index (χ4n) is 1.56. The smallest absolute Gasteiger partial charge is 0.407 e. The van der Waals surface area contributed by atoms with Gasteiger partial charge in [0.15, 0.2) is 0 Å². The summed E-state index contributed by atoms with van der Waals surface area (Å²) >= 11 is 0. The Hall–Kier alpha value is -1.54. The second-order valence-corrected chi connectivity index (χ2v) is 7.36. The Kier molecular flexibility index (Phi) is 10.4. The minimum absolute atomic E-state index is 0.407. The molecule has 0 aromatic heterocycles. The van der Waals surface area contributed by atoms with Gasteiger partial charge in [-0.2, -0.15) is 0 Å². The lowest BCUT2D eigenvalue weighted by Crippen LogP contribution is -2.39. The van der Waals surface area contributed by atoms with Gasteiger partial charge in [0.05, 0.1) is 0 Å². The maximum atomic E-state index is 11.4. The van der Waals surface area contributed by atoms with E-state index in [1.165, 1.54) is 0 Å². The summed E-state index contributed by atoms with van der Waals surface area (Å²) in [6.45, 7) is 14.8. The lowest BCUT2D eigenvalue weighted by molar-refractivity contribution is 0.0516. The Morgan fingerprint density at radius 3 is 1.21 bits per heavy atom. The fraction of sp³-hybridized carbons (Fsp3) is 0.875. The molecule has 0 saturated carbocycles. The molecule has 0 atom stereocenters. The molecular weight excluding hydrogens is 312 g/mol. The molecule has 8 nitrogen and oxygen atoms in total. The van der Waals surface area contributed by atoms with E-state index in [2.05, 4.69) is 21.3 Å². The molecule has 0 heterocycles. The van der Waals surface area contributed by atoms with Crippen molar-refractivity contribution in [2.24, 2.45) is 0 Å². The molecule has 0 spiro atoms. The number of amides is 2. The third-order valence-corrected chi connectivity index (χ3v) is 2.42. The molecule has 2 amide bonds. The number of alkyl carbamates (subject to hydrolysis) is 2. The lowest BCUT2D eigenvalue weighted by atomic mass is 10.2. The Morgan fingerprint density at radius 2 is 0.917 bits per heavy atom. The summed E-state index contributed by atoms with van der Waals surface area (Å²) in [5, 5.41) is 11.7. The first kappa shape index (κ1) is 22.5. The van der Waals surface area contributed by atoms with Crippen LogP contribution in [0.2, 0.25) is 0 Å². The van der Waals surface area contributed by atoms with Crippen molar-refractivity contribution in [1.29, 1.82) is 0 Å². The molecule has 0 aliphatic carbocycles. The summed E-state index contributed by atoms with van der Waals surface area (Å²) in [4.78, 5) is 22.8. The van der Waals surface area contributed by atoms with Gasteiger partial charge in [0.25, 0.3) is 0 Å². The molecule has 8 heteroatoms. The van der Waals surface area contributed by atoms with Crippen molar-refractivity contribution in [2.45, 2.75) is 52.7 Å². The van der Waals surface area contributed by atoms with Crippen LogP contribution in [-0.4, -0.2) is 62.7 Å². The van der Waals surface area contributed by atoms with Gasteiger partial charge in [0, 0.05) is 39.3 Å². The molecule has 0 saturated heterocycles. The van der Waals surface area contributed by atoms with Gasteiger partial charge in [-0.3, -0.25) is 0 Å². The molecule has 4 N–H and O–H groups in total. The summed E-state index contributed by atoms with van der Waals surface area (Å²) < 4.78 is 10.2. The fourth-order valence-corrected chi connectivity index (χ4v) is 1.56. The minimum atomic E-state index is -0.477. The van der Waals surface area contributed by atoms with Gasteiger partial charge in [-0.05, 0) is 41.5 Å². The van der Waals surface area contributed by atoms with Gasteiger partial charge in [-0.15, -0.1) is 0 Å². The Labute approximate surface area is 145 Å². The highest BCUT2D eigenvalue weighted by Gasteiger charge is 2.16. The van der Waals surface area contributed by atoms with Crippen molar-refractivity contribution in [2.75, 3.05) is 39.3 Å². The number of hydrogen-bond acceptors (Lipinski definition) is 6. The largest absolute Gasteiger partial charge is 0.444 e. The Bertz CT molecular complexity index is 339. The van der Waals surface area contributed by atoms with Crippen LogP contribution in [0.4, 0.5) is 9.59 Å². The first-order valence-corrected chi connectivity index (χ1v) is 8.35. The van der Waals surface area contributed by atoms with E-state index < -0.39 is 23.4 Å². The first-order chi connectivity index (χ1) is 11.0. The molecule has 0 fully saturated rings. The molecule has 24 heavy (non-hydrogen) atoms. The van der Waals surface area contributed by atoms with Crippen LogP contribution in [0.25, 0.3) is 0 Å². The zero-order valence-electron chi connectivity index (χ0n) is 15.9. The number of carbonyl (C=O) groups is 2. The molecule has 0 unspecified atom stereocenters.